The summed E-state index contributed by atoms with van der Waals surface area (Å²) in [5.41, 5.74) is -0.105. The Labute approximate surface area is 108 Å². The highest BCUT2D eigenvalue weighted by Crippen LogP contribution is 2.33. The smallest absolute Gasteiger partial charge is 0.379 e. The van der Waals surface area contributed by atoms with Crippen LogP contribution < -0.4 is 4.74 Å². The van der Waals surface area contributed by atoms with Gasteiger partial charge in [0.15, 0.2) is 0 Å². The normalized spacial score (nSPS) is 9.88. The van der Waals surface area contributed by atoms with Gasteiger partial charge in [0.05, 0.1) is 29.3 Å². The van der Waals surface area contributed by atoms with Gasteiger partial charge in [-0.05, 0) is 19.1 Å². The average Bonchev–Trinajstić information content (AvgIpc) is 2.29. The Bertz CT molecular complexity index is 457. The van der Waals surface area contributed by atoms with E-state index in [2.05, 4.69) is 4.74 Å². The molecule has 0 amide bonds. The number of hydrogen-bond acceptors (Lipinski definition) is 4. The van der Waals surface area contributed by atoms with E-state index >= 15 is 0 Å². The number of carbonyl (C=O) groups is 2. The first-order chi connectivity index (χ1) is 8.02. The van der Waals surface area contributed by atoms with E-state index in [0.717, 1.165) is 0 Å². The van der Waals surface area contributed by atoms with E-state index in [4.69, 9.17) is 27.9 Å². The second-order valence-electron chi connectivity index (χ2n) is 2.99. The van der Waals surface area contributed by atoms with E-state index in [0.29, 0.717) is 0 Å². The summed E-state index contributed by atoms with van der Waals surface area (Å²) in [4.78, 5) is 23.1. The Morgan fingerprint density at radius 2 is 1.94 bits per heavy atom. The fourth-order valence-corrected chi connectivity index (χ4v) is 1.82. The molecule has 0 radical (unpaired) electrons. The van der Waals surface area contributed by atoms with Crippen LogP contribution in [0.2, 0.25) is 10.0 Å². The number of benzene rings is 1. The zero-order chi connectivity index (χ0) is 13.0. The van der Waals surface area contributed by atoms with Crippen LogP contribution in [0.5, 0.6) is 5.75 Å². The van der Waals surface area contributed by atoms with Gasteiger partial charge in [-0.25, -0.2) is 4.79 Å². The molecule has 0 unspecified atom stereocenters. The molecule has 1 aromatic rings. The summed E-state index contributed by atoms with van der Waals surface area (Å²) in [6.45, 7) is 1.70. The van der Waals surface area contributed by atoms with Gasteiger partial charge in [0.2, 0.25) is 0 Å². The molecule has 0 aliphatic carbocycles. The molecule has 4 nitrogen and oxygen atoms in total. The summed E-state index contributed by atoms with van der Waals surface area (Å²) in [5, 5.41) is 0.0758. The van der Waals surface area contributed by atoms with Crippen molar-refractivity contribution in [1.29, 1.82) is 0 Å². The molecule has 0 aliphatic rings. The van der Waals surface area contributed by atoms with Crippen LogP contribution in [-0.2, 0) is 9.53 Å². The first-order valence-electron chi connectivity index (χ1n) is 4.76. The first-order valence-corrected chi connectivity index (χ1v) is 5.52. The molecule has 0 saturated heterocycles. The summed E-state index contributed by atoms with van der Waals surface area (Å²) in [5.74, 6) is -1.62. The standard InChI is InChI=1S/C11H10Cl2O4/c1-3-17-11(15)10(14)8-6(12)4-5-7(16-2)9(8)13/h4-5H,3H2,1-2H3. The zero-order valence-corrected chi connectivity index (χ0v) is 10.8. The van der Waals surface area contributed by atoms with Gasteiger partial charge in [0.25, 0.3) is 5.78 Å². The lowest BCUT2D eigenvalue weighted by Crippen LogP contribution is -2.18. The third-order valence-electron chi connectivity index (χ3n) is 1.96. The first kappa shape index (κ1) is 13.8. The van der Waals surface area contributed by atoms with Crippen molar-refractivity contribution < 1.29 is 19.1 Å². The number of carbonyl (C=O) groups excluding carboxylic acids is 2. The number of methoxy groups -OCH3 is 1. The molecule has 0 heterocycles. The largest absolute Gasteiger partial charge is 0.495 e. The van der Waals surface area contributed by atoms with Crippen molar-refractivity contribution in [2.45, 2.75) is 6.92 Å². The molecule has 0 spiro atoms. The van der Waals surface area contributed by atoms with Crippen LogP contribution in [0.25, 0.3) is 0 Å². The number of ketones is 1. The van der Waals surface area contributed by atoms with Crippen LogP contribution in [0.1, 0.15) is 17.3 Å². The van der Waals surface area contributed by atoms with Gasteiger partial charge in [-0.1, -0.05) is 23.2 Å². The summed E-state index contributed by atoms with van der Waals surface area (Å²) >= 11 is 11.7. The second kappa shape index (κ2) is 5.89. The summed E-state index contributed by atoms with van der Waals surface area (Å²) in [7, 11) is 1.40. The third-order valence-corrected chi connectivity index (χ3v) is 2.65. The molecule has 6 heteroatoms. The van der Waals surface area contributed by atoms with Crippen LogP contribution in [-0.4, -0.2) is 25.5 Å². The molecule has 0 aliphatic heterocycles. The van der Waals surface area contributed by atoms with Crippen molar-refractivity contribution >= 4 is 35.0 Å². The highest BCUT2D eigenvalue weighted by Gasteiger charge is 2.25. The Morgan fingerprint density at radius 1 is 1.29 bits per heavy atom. The molecular formula is C11H10Cl2O4. The Kier molecular flexibility index (Phi) is 4.78. The molecule has 0 bridgehead atoms. The van der Waals surface area contributed by atoms with Crippen molar-refractivity contribution in [1.82, 2.24) is 0 Å². The molecule has 0 atom stereocenters. The van der Waals surface area contributed by atoms with Crippen molar-refractivity contribution in [2.24, 2.45) is 0 Å². The number of rotatable bonds is 4. The van der Waals surface area contributed by atoms with Crippen molar-refractivity contribution in [2.75, 3.05) is 13.7 Å². The maximum Gasteiger partial charge on any atom is 0.379 e. The minimum atomic E-state index is -0.996. The molecule has 1 aromatic carbocycles. The average molecular weight is 277 g/mol. The number of ether oxygens (including phenoxy) is 2. The fourth-order valence-electron chi connectivity index (χ4n) is 1.20. The lowest BCUT2D eigenvalue weighted by Gasteiger charge is -2.09. The fraction of sp³-hybridized carbons (Fsp3) is 0.273. The predicted octanol–water partition coefficient (Wildman–Crippen LogP) is 2.75. The van der Waals surface area contributed by atoms with Gasteiger partial charge in [-0.2, -0.15) is 0 Å². The Balaban J connectivity index is 3.21. The monoisotopic (exact) mass is 276 g/mol. The molecule has 0 N–H and O–H groups in total. The quantitative estimate of drug-likeness (QED) is 0.482. The van der Waals surface area contributed by atoms with Crippen molar-refractivity contribution in [3.63, 3.8) is 0 Å². The SMILES string of the molecule is CCOC(=O)C(=O)c1c(Cl)ccc(OC)c1Cl. The van der Waals surface area contributed by atoms with Gasteiger partial charge in [-0.15, -0.1) is 0 Å². The van der Waals surface area contributed by atoms with Crippen molar-refractivity contribution in [3.05, 3.63) is 27.7 Å². The maximum atomic E-state index is 11.7. The molecule has 1 rings (SSSR count). The van der Waals surface area contributed by atoms with Gasteiger partial charge >= 0.3 is 5.97 Å². The van der Waals surface area contributed by atoms with Crippen LogP contribution >= 0.6 is 23.2 Å². The summed E-state index contributed by atoms with van der Waals surface area (Å²) in [6, 6.07) is 2.94. The van der Waals surface area contributed by atoms with Crippen LogP contribution in [0, 0.1) is 0 Å². The Hall–Kier alpha value is -1.26. The third kappa shape index (κ3) is 2.90. The van der Waals surface area contributed by atoms with E-state index in [1.807, 2.05) is 0 Å². The Morgan fingerprint density at radius 3 is 2.47 bits per heavy atom. The zero-order valence-electron chi connectivity index (χ0n) is 9.25. The van der Waals surface area contributed by atoms with Gasteiger partial charge in [-0.3, -0.25) is 4.79 Å². The van der Waals surface area contributed by atoms with Crippen molar-refractivity contribution in [3.8, 4) is 5.75 Å². The minimum absolute atomic E-state index is 0.00180. The van der Waals surface area contributed by atoms with Gasteiger partial charge < -0.3 is 9.47 Å². The molecule has 0 saturated carbocycles. The number of halogens is 2. The number of hydrogen-bond donors (Lipinski definition) is 0. The van der Waals surface area contributed by atoms with E-state index in [1.165, 1.54) is 19.2 Å². The molecule has 0 aromatic heterocycles. The second-order valence-corrected chi connectivity index (χ2v) is 3.77. The lowest BCUT2D eigenvalue weighted by molar-refractivity contribution is -0.137. The van der Waals surface area contributed by atoms with Gasteiger partial charge in [0.1, 0.15) is 5.75 Å². The molecular weight excluding hydrogens is 267 g/mol. The molecule has 0 fully saturated rings. The lowest BCUT2D eigenvalue weighted by atomic mass is 10.1. The van der Waals surface area contributed by atoms with E-state index in [9.17, 15) is 9.59 Å². The molecule has 17 heavy (non-hydrogen) atoms. The van der Waals surface area contributed by atoms with Crippen LogP contribution in [0.4, 0.5) is 0 Å². The topological polar surface area (TPSA) is 52.6 Å². The molecule has 92 valence electrons. The number of Topliss-reactive ketones (excluding diaryl/α,β-unsaturated/α-hetero) is 1. The van der Waals surface area contributed by atoms with Crippen LogP contribution in [0.3, 0.4) is 0 Å². The number of esters is 1. The van der Waals surface area contributed by atoms with E-state index in [1.54, 1.807) is 6.92 Å². The summed E-state index contributed by atoms with van der Waals surface area (Å²) in [6.07, 6.45) is 0. The highest BCUT2D eigenvalue weighted by atomic mass is 35.5. The van der Waals surface area contributed by atoms with E-state index < -0.39 is 11.8 Å². The minimum Gasteiger partial charge on any atom is -0.495 e. The summed E-state index contributed by atoms with van der Waals surface area (Å²) < 4.78 is 9.53. The van der Waals surface area contributed by atoms with E-state index in [-0.39, 0.29) is 28.0 Å². The predicted molar refractivity (Wildman–Crippen MR) is 64.0 cm³/mol. The van der Waals surface area contributed by atoms with Crippen LogP contribution in [0.15, 0.2) is 12.1 Å². The van der Waals surface area contributed by atoms with Gasteiger partial charge in [0, 0.05) is 0 Å². The maximum absolute atomic E-state index is 11.7. The highest BCUT2D eigenvalue weighted by molar-refractivity contribution is 6.50.